The van der Waals surface area contributed by atoms with E-state index in [1.54, 1.807) is 0 Å². The van der Waals surface area contributed by atoms with E-state index in [1.807, 2.05) is 6.42 Å². The van der Waals surface area contributed by atoms with Crippen LogP contribution in [0, 0.1) is 6.42 Å². The maximum absolute atomic E-state index is 11.4. The maximum atomic E-state index is 11.4. The average molecular weight is 117 g/mol. The maximum Gasteiger partial charge on any atom is 0.0897 e. The summed E-state index contributed by atoms with van der Waals surface area (Å²) in [7, 11) is 0. The van der Waals surface area contributed by atoms with E-state index in [9.17, 15) is 4.39 Å². The molecule has 0 bridgehead atoms. The summed E-state index contributed by atoms with van der Waals surface area (Å²) < 4.78 is 11.4. The van der Waals surface area contributed by atoms with E-state index in [2.05, 4.69) is 6.92 Å². The van der Waals surface area contributed by atoms with Crippen LogP contribution in [-0.2, 0) is 0 Å². The zero-order valence-corrected chi connectivity index (χ0v) is 5.49. The number of hydrogen-bond acceptors (Lipinski definition) is 0. The standard InChI is InChI=1S/C7H14F/c1-2-3-4-5-6-7-8/h5H,2-4,6-7H2,1H3. The molecule has 49 valence electrons. The highest BCUT2D eigenvalue weighted by atomic mass is 19.1. The van der Waals surface area contributed by atoms with E-state index in [0.29, 0.717) is 6.42 Å². The quantitative estimate of drug-likeness (QED) is 0.486. The number of rotatable bonds is 5. The summed E-state index contributed by atoms with van der Waals surface area (Å²) in [6, 6.07) is 0. The molecule has 0 N–H and O–H groups in total. The first-order valence-corrected chi connectivity index (χ1v) is 3.29. The lowest BCUT2D eigenvalue weighted by Gasteiger charge is -1.92. The van der Waals surface area contributed by atoms with E-state index < -0.39 is 0 Å². The van der Waals surface area contributed by atoms with Crippen LogP contribution in [0.15, 0.2) is 0 Å². The summed E-state index contributed by atoms with van der Waals surface area (Å²) in [5.74, 6) is 0. The van der Waals surface area contributed by atoms with Crippen molar-refractivity contribution in [2.24, 2.45) is 0 Å². The third-order valence-electron chi connectivity index (χ3n) is 1.08. The van der Waals surface area contributed by atoms with Crippen LogP contribution in [0.25, 0.3) is 0 Å². The molecule has 8 heavy (non-hydrogen) atoms. The first-order chi connectivity index (χ1) is 3.91. The second kappa shape index (κ2) is 6.93. The molecule has 0 unspecified atom stereocenters. The topological polar surface area (TPSA) is 0 Å². The lowest BCUT2D eigenvalue weighted by atomic mass is 10.2. The van der Waals surface area contributed by atoms with Crippen LogP contribution in [0.1, 0.15) is 32.6 Å². The lowest BCUT2D eigenvalue weighted by Crippen LogP contribution is -1.78. The molecule has 0 nitrogen and oxygen atoms in total. The fourth-order valence-corrected chi connectivity index (χ4v) is 0.570. The van der Waals surface area contributed by atoms with Crippen LogP contribution in [0.2, 0.25) is 0 Å². The number of alkyl halides is 1. The summed E-state index contributed by atoms with van der Waals surface area (Å²) in [5.41, 5.74) is 0. The zero-order valence-electron chi connectivity index (χ0n) is 5.49. The van der Waals surface area contributed by atoms with Crippen molar-refractivity contribution in [1.29, 1.82) is 0 Å². The van der Waals surface area contributed by atoms with Crippen molar-refractivity contribution in [1.82, 2.24) is 0 Å². The zero-order chi connectivity index (χ0) is 6.24. The highest BCUT2D eigenvalue weighted by Crippen LogP contribution is 2.00. The van der Waals surface area contributed by atoms with E-state index in [4.69, 9.17) is 0 Å². The van der Waals surface area contributed by atoms with Gasteiger partial charge in [-0.25, -0.2) is 0 Å². The molecule has 0 spiro atoms. The van der Waals surface area contributed by atoms with Crippen LogP contribution in [0.3, 0.4) is 0 Å². The average Bonchev–Trinajstić information content (AvgIpc) is 1.81. The summed E-state index contributed by atoms with van der Waals surface area (Å²) in [5, 5.41) is 0. The number of hydrogen-bond donors (Lipinski definition) is 0. The van der Waals surface area contributed by atoms with Gasteiger partial charge in [-0.2, -0.15) is 0 Å². The van der Waals surface area contributed by atoms with Crippen molar-refractivity contribution in [3.8, 4) is 0 Å². The lowest BCUT2D eigenvalue weighted by molar-refractivity contribution is 0.486. The van der Waals surface area contributed by atoms with Gasteiger partial charge >= 0.3 is 0 Å². The summed E-state index contributed by atoms with van der Waals surface area (Å²) in [6.07, 6.45) is 6.16. The second-order valence-corrected chi connectivity index (χ2v) is 1.91. The number of halogens is 1. The monoisotopic (exact) mass is 117 g/mol. The molecule has 0 aliphatic carbocycles. The van der Waals surface area contributed by atoms with Crippen molar-refractivity contribution in [2.45, 2.75) is 32.6 Å². The van der Waals surface area contributed by atoms with Crippen molar-refractivity contribution < 1.29 is 4.39 Å². The summed E-state index contributed by atoms with van der Waals surface area (Å²) >= 11 is 0. The van der Waals surface area contributed by atoms with E-state index in [1.165, 1.54) is 12.8 Å². The smallest absolute Gasteiger partial charge is 0.0897 e. The second-order valence-electron chi connectivity index (χ2n) is 1.91. The number of unbranched alkanes of at least 4 members (excludes halogenated alkanes) is 4. The molecule has 0 aliphatic rings. The molecule has 1 heteroatoms. The van der Waals surface area contributed by atoms with Crippen LogP contribution in [0.4, 0.5) is 4.39 Å². The molecule has 0 fully saturated rings. The Bertz CT molecular complexity index is 29.4. The van der Waals surface area contributed by atoms with Gasteiger partial charge in [-0.15, -0.1) is 0 Å². The van der Waals surface area contributed by atoms with Crippen molar-refractivity contribution >= 4 is 0 Å². The minimum atomic E-state index is -0.191. The van der Waals surface area contributed by atoms with Crippen LogP contribution in [0.5, 0.6) is 0 Å². The van der Waals surface area contributed by atoms with Gasteiger partial charge in [-0.1, -0.05) is 26.2 Å². The Morgan fingerprint density at radius 1 is 1.38 bits per heavy atom. The van der Waals surface area contributed by atoms with E-state index in [-0.39, 0.29) is 6.67 Å². The van der Waals surface area contributed by atoms with Gasteiger partial charge in [0, 0.05) is 0 Å². The first-order valence-electron chi connectivity index (χ1n) is 3.29. The first kappa shape index (κ1) is 7.93. The fraction of sp³-hybridized carbons (Fsp3) is 0.857. The third kappa shape index (κ3) is 5.93. The third-order valence-corrected chi connectivity index (χ3v) is 1.08. The molecular weight excluding hydrogens is 103 g/mol. The molecule has 0 rings (SSSR count). The highest BCUT2D eigenvalue weighted by Gasteiger charge is 1.85. The molecule has 0 atom stereocenters. The van der Waals surface area contributed by atoms with Gasteiger partial charge in [0.2, 0.25) is 0 Å². The van der Waals surface area contributed by atoms with Gasteiger partial charge in [0.05, 0.1) is 6.67 Å². The van der Waals surface area contributed by atoms with Gasteiger partial charge in [-0.05, 0) is 12.8 Å². The van der Waals surface area contributed by atoms with Crippen LogP contribution < -0.4 is 0 Å². The highest BCUT2D eigenvalue weighted by molar-refractivity contribution is 4.62. The minimum Gasteiger partial charge on any atom is -0.251 e. The van der Waals surface area contributed by atoms with Gasteiger partial charge in [0.1, 0.15) is 0 Å². The molecule has 0 aromatic rings. The van der Waals surface area contributed by atoms with Crippen molar-refractivity contribution in [3.63, 3.8) is 0 Å². The molecule has 0 amide bonds. The van der Waals surface area contributed by atoms with Gasteiger partial charge in [0.15, 0.2) is 0 Å². The fourth-order valence-electron chi connectivity index (χ4n) is 0.570. The summed E-state index contributed by atoms with van der Waals surface area (Å²) in [6.45, 7) is 1.95. The molecule has 0 aromatic carbocycles. The van der Waals surface area contributed by atoms with Gasteiger partial charge in [-0.3, -0.25) is 4.39 Å². The van der Waals surface area contributed by atoms with Crippen LogP contribution in [-0.4, -0.2) is 6.67 Å². The van der Waals surface area contributed by atoms with Gasteiger partial charge in [0.25, 0.3) is 0 Å². The Balaban J connectivity index is 2.53. The molecule has 1 radical (unpaired) electrons. The molecular formula is C7H14F. The molecule has 0 heterocycles. The predicted octanol–water partition coefficient (Wildman–Crippen LogP) is 2.74. The summed E-state index contributed by atoms with van der Waals surface area (Å²) in [4.78, 5) is 0. The SMILES string of the molecule is CCCC[CH]CCF. The Labute approximate surface area is 51.1 Å². The Hall–Kier alpha value is -0.0700. The van der Waals surface area contributed by atoms with Gasteiger partial charge < -0.3 is 0 Å². The predicted molar refractivity (Wildman–Crippen MR) is 34.4 cm³/mol. The minimum absolute atomic E-state index is 0.191. The van der Waals surface area contributed by atoms with Crippen molar-refractivity contribution in [3.05, 3.63) is 6.42 Å². The van der Waals surface area contributed by atoms with Crippen molar-refractivity contribution in [2.75, 3.05) is 6.67 Å². The van der Waals surface area contributed by atoms with Crippen LogP contribution >= 0.6 is 0 Å². The Kier molecular flexibility index (Phi) is 6.87. The molecule has 0 saturated heterocycles. The van der Waals surface area contributed by atoms with E-state index >= 15 is 0 Å². The van der Waals surface area contributed by atoms with E-state index in [0.717, 1.165) is 6.42 Å². The molecule has 0 aromatic heterocycles. The normalized spacial score (nSPS) is 9.75. The largest absolute Gasteiger partial charge is 0.251 e. The Morgan fingerprint density at radius 3 is 2.62 bits per heavy atom. The molecule has 0 aliphatic heterocycles. The Morgan fingerprint density at radius 2 is 2.12 bits per heavy atom. The molecule has 0 saturated carbocycles.